The van der Waals surface area contributed by atoms with Crippen molar-refractivity contribution in [1.29, 1.82) is 0 Å². The van der Waals surface area contributed by atoms with Gasteiger partial charge in [0, 0.05) is 32.9 Å². The van der Waals surface area contributed by atoms with E-state index in [2.05, 4.69) is 22.9 Å². The molecule has 17 nitrogen and oxygen atoms in total. The Morgan fingerprint density at radius 2 is 1.39 bits per heavy atom. The van der Waals surface area contributed by atoms with Gasteiger partial charge < -0.3 is 39.6 Å². The zero-order chi connectivity index (χ0) is 44.1. The maximum absolute atomic E-state index is 13.5. The molecular weight excluding hydrogens is 789 g/mol. The smallest absolute Gasteiger partial charge is 0.463 e. The average Bonchev–Trinajstić information content (AvgIpc) is 3.51. The summed E-state index contributed by atoms with van der Waals surface area (Å²) in [6.07, 6.45) is 6.79. The van der Waals surface area contributed by atoms with Crippen molar-refractivity contribution in [3.8, 4) is 0 Å². The second kappa shape index (κ2) is 31.2. The molecule has 1 saturated heterocycles. The molecule has 0 saturated carbocycles. The Bertz CT molecular complexity index is 1260. The van der Waals surface area contributed by atoms with E-state index in [-0.39, 0.29) is 82.7 Å². The van der Waals surface area contributed by atoms with Gasteiger partial charge in [0.2, 0.25) is 17.7 Å². The summed E-state index contributed by atoms with van der Waals surface area (Å²) >= 11 is 0. The average molecular weight is 866 g/mol. The van der Waals surface area contributed by atoms with Crippen LogP contribution in [0.25, 0.3) is 0 Å². The molecule has 0 radical (unpaired) electrons. The zero-order valence-electron chi connectivity index (χ0n) is 37.1. The number of carbonyl (C=O) groups is 5. The molecule has 1 fully saturated rings. The molecule has 0 aromatic carbocycles. The normalized spacial score (nSPS) is 17.1. The molecule has 1 aliphatic rings. The Balaban J connectivity index is 2.87. The van der Waals surface area contributed by atoms with E-state index >= 15 is 0 Å². The highest BCUT2D eigenvalue weighted by molar-refractivity contribution is 7.48. The summed E-state index contributed by atoms with van der Waals surface area (Å²) < 4.78 is 57.7. The van der Waals surface area contributed by atoms with Crippen LogP contribution in [0.5, 0.6) is 0 Å². The predicted octanol–water partition coefficient (Wildman–Crippen LogP) is 6.19. The molecule has 1 rings (SSSR count). The number of esters is 2. The lowest BCUT2D eigenvalue weighted by molar-refractivity contribution is -0.147. The second-order valence-corrected chi connectivity index (χ2v) is 17.2. The maximum Gasteiger partial charge on any atom is 0.474 e. The van der Waals surface area contributed by atoms with E-state index in [4.69, 9.17) is 37.3 Å². The van der Waals surface area contributed by atoms with Gasteiger partial charge in [0.15, 0.2) is 5.79 Å². The fourth-order valence-corrected chi connectivity index (χ4v) is 7.13. The Hall–Kier alpha value is -2.66. The topological polar surface area (TPSA) is 212 Å². The molecule has 0 spiro atoms. The number of hydrogen-bond acceptors (Lipinski definition) is 14. The largest absolute Gasteiger partial charge is 0.474 e. The number of ether oxygens (including phenoxy) is 5. The van der Waals surface area contributed by atoms with E-state index < -0.39 is 49.6 Å². The van der Waals surface area contributed by atoms with Crippen molar-refractivity contribution in [2.45, 2.75) is 188 Å². The quantitative estimate of drug-likeness (QED) is 0.0368. The van der Waals surface area contributed by atoms with Gasteiger partial charge in [-0.3, -0.25) is 37.5 Å². The van der Waals surface area contributed by atoms with E-state index in [0.717, 1.165) is 38.5 Å². The van der Waals surface area contributed by atoms with E-state index in [1.54, 1.807) is 6.92 Å². The van der Waals surface area contributed by atoms with Gasteiger partial charge in [-0.2, -0.15) is 0 Å². The number of phosphoric acid groups is 1. The highest BCUT2D eigenvalue weighted by atomic mass is 31.2. The first-order chi connectivity index (χ1) is 28.0. The van der Waals surface area contributed by atoms with Crippen LogP contribution in [0.2, 0.25) is 0 Å². The van der Waals surface area contributed by atoms with Gasteiger partial charge in [0.1, 0.15) is 18.8 Å². The fourth-order valence-electron chi connectivity index (χ4n) is 5.87. The van der Waals surface area contributed by atoms with Crippen LogP contribution in [0.15, 0.2) is 0 Å². The highest BCUT2D eigenvalue weighted by Crippen LogP contribution is 2.49. The van der Waals surface area contributed by atoms with Gasteiger partial charge in [-0.1, -0.05) is 46.5 Å². The first kappa shape index (κ1) is 54.4. The standard InChI is InChI=1S/C41H76N3O14P/c1-9-12-23-51-31(4)27-37(46)43-34(29-52-39(48)20-16-15-19-35-30-53-41(7,8)58-35)18-17-22-42-40(49)36(44-38(47)28-32(5)57-33(6)45)21-26-56-59(50,54-24-13-10-2)55-25-14-11-3/h31-32,34-36H,9-30H2,1-8H3,(H,42,49)(H,43,46)(H,44,47)/t31-,32-,34-,35?,36+/m1/s1. The Morgan fingerprint density at radius 3 is 2.00 bits per heavy atom. The van der Waals surface area contributed by atoms with E-state index in [9.17, 15) is 28.5 Å². The molecule has 18 heteroatoms. The molecule has 0 bridgehead atoms. The van der Waals surface area contributed by atoms with Crippen LogP contribution in [0, 0.1) is 0 Å². The molecule has 344 valence electrons. The van der Waals surface area contributed by atoms with Crippen LogP contribution < -0.4 is 16.0 Å². The van der Waals surface area contributed by atoms with Crippen molar-refractivity contribution in [1.82, 2.24) is 16.0 Å². The molecule has 3 N–H and O–H groups in total. The maximum atomic E-state index is 13.5. The number of carbonyl (C=O) groups excluding carboxylic acids is 5. The van der Waals surface area contributed by atoms with Crippen molar-refractivity contribution in [3.63, 3.8) is 0 Å². The third kappa shape index (κ3) is 27.7. The van der Waals surface area contributed by atoms with Gasteiger partial charge >= 0.3 is 19.8 Å². The highest BCUT2D eigenvalue weighted by Gasteiger charge is 2.32. The number of rotatable bonds is 35. The number of unbranched alkanes of at least 4 members (excludes halogenated alkanes) is 4. The van der Waals surface area contributed by atoms with E-state index in [1.165, 1.54) is 6.92 Å². The summed E-state index contributed by atoms with van der Waals surface area (Å²) in [5.74, 6) is -2.83. The lowest BCUT2D eigenvalue weighted by atomic mass is 10.1. The van der Waals surface area contributed by atoms with Gasteiger partial charge in [-0.15, -0.1) is 0 Å². The van der Waals surface area contributed by atoms with Gasteiger partial charge in [-0.25, -0.2) is 4.57 Å². The predicted molar refractivity (Wildman–Crippen MR) is 221 cm³/mol. The lowest BCUT2D eigenvalue weighted by Crippen LogP contribution is -2.48. The van der Waals surface area contributed by atoms with Gasteiger partial charge in [-0.05, 0) is 72.6 Å². The molecule has 3 amide bonds. The summed E-state index contributed by atoms with van der Waals surface area (Å²) in [5, 5.41) is 8.43. The minimum atomic E-state index is -3.92. The van der Waals surface area contributed by atoms with Crippen LogP contribution in [-0.4, -0.2) is 112 Å². The Kier molecular flexibility index (Phi) is 28.8. The Morgan fingerprint density at radius 1 is 0.780 bits per heavy atom. The van der Waals surface area contributed by atoms with Crippen LogP contribution in [0.3, 0.4) is 0 Å². The zero-order valence-corrected chi connectivity index (χ0v) is 38.0. The van der Waals surface area contributed by atoms with Gasteiger partial charge in [0.25, 0.3) is 0 Å². The van der Waals surface area contributed by atoms with E-state index in [0.29, 0.717) is 45.3 Å². The number of phosphoric ester groups is 1. The molecule has 5 atom stereocenters. The SMILES string of the molecule is CCCCO[C@H](C)CC(=O)N[C@H](CCCNC(=O)[C@H](CCOP(=O)(OCCCC)OCCCC)NC(=O)C[C@@H](C)OC(C)=O)COC(=O)CCCCC1COC(C)(C)O1. The summed E-state index contributed by atoms with van der Waals surface area (Å²) in [6, 6.07) is -1.63. The molecule has 1 unspecified atom stereocenters. The van der Waals surface area contributed by atoms with E-state index in [1.807, 2.05) is 34.6 Å². The second-order valence-electron chi connectivity index (χ2n) is 15.5. The molecule has 1 aliphatic heterocycles. The van der Waals surface area contributed by atoms with Crippen LogP contribution in [0.4, 0.5) is 0 Å². The number of nitrogens with one attached hydrogen (secondary N) is 3. The van der Waals surface area contributed by atoms with Crippen molar-refractivity contribution < 1.29 is 65.8 Å². The molecule has 0 aliphatic carbocycles. The summed E-state index contributed by atoms with van der Waals surface area (Å²) in [6.45, 7) is 15.7. The molecule has 0 aromatic heterocycles. The van der Waals surface area contributed by atoms with Gasteiger partial charge in [0.05, 0.1) is 57.5 Å². The number of amides is 3. The third-order valence-corrected chi connectivity index (χ3v) is 10.6. The minimum absolute atomic E-state index is 0.00570. The first-order valence-electron chi connectivity index (χ1n) is 21.7. The monoisotopic (exact) mass is 866 g/mol. The third-order valence-electron chi connectivity index (χ3n) is 9.08. The van der Waals surface area contributed by atoms with Crippen molar-refractivity contribution in [3.05, 3.63) is 0 Å². The lowest BCUT2D eigenvalue weighted by Gasteiger charge is -2.22. The summed E-state index contributed by atoms with van der Waals surface area (Å²) in [4.78, 5) is 63.4. The van der Waals surface area contributed by atoms with Crippen LogP contribution in [0.1, 0.15) is 152 Å². The molecule has 1 heterocycles. The molecule has 59 heavy (non-hydrogen) atoms. The molecule has 0 aromatic rings. The summed E-state index contributed by atoms with van der Waals surface area (Å²) in [5.41, 5.74) is 0. The van der Waals surface area contributed by atoms with Crippen LogP contribution >= 0.6 is 7.82 Å². The van der Waals surface area contributed by atoms with Crippen LogP contribution in [-0.2, 0) is 65.8 Å². The van der Waals surface area contributed by atoms with Crippen molar-refractivity contribution in [2.24, 2.45) is 0 Å². The number of hydrogen-bond donors (Lipinski definition) is 3. The first-order valence-corrected chi connectivity index (χ1v) is 23.1. The fraction of sp³-hybridized carbons (Fsp3) is 0.878. The van der Waals surface area contributed by atoms with Crippen molar-refractivity contribution >= 4 is 37.5 Å². The van der Waals surface area contributed by atoms with Crippen molar-refractivity contribution in [2.75, 3.05) is 46.2 Å². The molecular formula is C41H76N3O14P. The minimum Gasteiger partial charge on any atom is -0.463 e. The summed E-state index contributed by atoms with van der Waals surface area (Å²) in [7, 11) is -3.92. The Labute approximate surface area is 352 Å².